The van der Waals surface area contributed by atoms with Crippen molar-refractivity contribution in [1.82, 2.24) is 5.32 Å². The lowest BCUT2D eigenvalue weighted by atomic mass is 9.86. The molecule has 2 fully saturated rings. The third-order valence-corrected chi connectivity index (χ3v) is 3.86. The van der Waals surface area contributed by atoms with Gasteiger partial charge in [0.15, 0.2) is 0 Å². The summed E-state index contributed by atoms with van der Waals surface area (Å²) in [4.78, 5) is 21.7. The Kier molecular flexibility index (Phi) is 2.19. The number of aliphatic carboxylic acids is 1. The number of carbonyl (C=O) groups is 2. The van der Waals surface area contributed by atoms with Gasteiger partial charge in [-0.15, -0.1) is 0 Å². The van der Waals surface area contributed by atoms with E-state index in [-0.39, 0.29) is 22.4 Å². The van der Waals surface area contributed by atoms with Crippen molar-refractivity contribution in [2.45, 2.75) is 30.6 Å². The minimum absolute atomic E-state index is 0.000962. The fourth-order valence-corrected chi connectivity index (χ4v) is 3.16. The monoisotopic (exact) mass is 201 g/mol. The number of fused-ring (bicyclic) bond motifs is 1. The van der Waals surface area contributed by atoms with Crippen LogP contribution in [0, 0.1) is 5.92 Å². The van der Waals surface area contributed by atoms with Gasteiger partial charge in [-0.3, -0.25) is 9.59 Å². The molecule has 0 bridgehead atoms. The molecule has 3 atom stereocenters. The molecule has 0 aromatic carbocycles. The predicted molar refractivity (Wildman–Crippen MR) is 48.7 cm³/mol. The van der Waals surface area contributed by atoms with Crippen LogP contribution in [0.1, 0.15) is 19.3 Å². The summed E-state index contributed by atoms with van der Waals surface area (Å²) in [5, 5.41) is 11.8. The molecule has 72 valence electrons. The molecule has 1 saturated heterocycles. The Morgan fingerprint density at radius 1 is 1.54 bits per heavy atom. The van der Waals surface area contributed by atoms with Gasteiger partial charge in [-0.2, -0.15) is 0 Å². The normalized spacial score (nSPS) is 38.2. The number of carbonyl (C=O) groups excluding carboxylic acids is 1. The van der Waals surface area contributed by atoms with Crippen molar-refractivity contribution in [3.8, 4) is 0 Å². The van der Waals surface area contributed by atoms with E-state index < -0.39 is 5.97 Å². The Hall–Kier alpha value is -0.710. The molecule has 2 rings (SSSR count). The highest BCUT2D eigenvalue weighted by Crippen LogP contribution is 2.37. The molecule has 13 heavy (non-hydrogen) atoms. The van der Waals surface area contributed by atoms with Gasteiger partial charge in [0.05, 0.1) is 5.92 Å². The summed E-state index contributed by atoms with van der Waals surface area (Å²) < 4.78 is 0. The molecule has 0 radical (unpaired) electrons. The summed E-state index contributed by atoms with van der Waals surface area (Å²) in [5.41, 5.74) is 0. The summed E-state index contributed by atoms with van der Waals surface area (Å²) in [6.45, 7) is 0. The van der Waals surface area contributed by atoms with Crippen LogP contribution >= 0.6 is 11.8 Å². The van der Waals surface area contributed by atoms with E-state index in [0.717, 1.165) is 6.42 Å². The highest BCUT2D eigenvalue weighted by atomic mass is 32.2. The molecule has 5 heteroatoms. The SMILES string of the molecule is O=C1NC2CCC(C(=O)O)CC2S1. The predicted octanol–water partition coefficient (Wildman–Crippen LogP) is 1.06. The van der Waals surface area contributed by atoms with Crippen molar-refractivity contribution in [3.05, 3.63) is 0 Å². The minimum Gasteiger partial charge on any atom is -0.481 e. The van der Waals surface area contributed by atoms with Gasteiger partial charge in [0, 0.05) is 11.3 Å². The third kappa shape index (κ3) is 1.65. The van der Waals surface area contributed by atoms with E-state index in [9.17, 15) is 9.59 Å². The molecule has 0 aromatic rings. The van der Waals surface area contributed by atoms with E-state index in [2.05, 4.69) is 5.32 Å². The van der Waals surface area contributed by atoms with Crippen LogP contribution in [-0.2, 0) is 4.79 Å². The smallest absolute Gasteiger partial charge is 0.306 e. The lowest BCUT2D eigenvalue weighted by Gasteiger charge is -2.27. The molecule has 4 nitrogen and oxygen atoms in total. The summed E-state index contributed by atoms with van der Waals surface area (Å²) in [6.07, 6.45) is 2.13. The van der Waals surface area contributed by atoms with Gasteiger partial charge in [-0.05, 0) is 19.3 Å². The summed E-state index contributed by atoms with van der Waals surface area (Å²) in [7, 11) is 0. The van der Waals surface area contributed by atoms with Crippen LogP contribution in [0.5, 0.6) is 0 Å². The Morgan fingerprint density at radius 3 is 3.00 bits per heavy atom. The molecule has 0 aromatic heterocycles. The second-order valence-electron chi connectivity index (χ2n) is 3.54. The summed E-state index contributed by atoms with van der Waals surface area (Å²) >= 11 is 1.26. The molecule has 1 aliphatic carbocycles. The highest BCUT2D eigenvalue weighted by Gasteiger charge is 2.40. The van der Waals surface area contributed by atoms with Crippen LogP contribution in [0.3, 0.4) is 0 Å². The third-order valence-electron chi connectivity index (χ3n) is 2.70. The van der Waals surface area contributed by atoms with Crippen LogP contribution in [0.2, 0.25) is 0 Å². The van der Waals surface area contributed by atoms with Crippen LogP contribution in [0.25, 0.3) is 0 Å². The second-order valence-corrected chi connectivity index (χ2v) is 4.75. The molecule has 2 aliphatic rings. The van der Waals surface area contributed by atoms with E-state index in [1.807, 2.05) is 0 Å². The molecular formula is C8H11NO3S. The van der Waals surface area contributed by atoms with E-state index in [1.165, 1.54) is 11.8 Å². The van der Waals surface area contributed by atoms with Crippen molar-refractivity contribution in [3.63, 3.8) is 0 Å². The fourth-order valence-electron chi connectivity index (χ4n) is 1.97. The number of hydrogen-bond acceptors (Lipinski definition) is 3. The Bertz CT molecular complexity index is 256. The number of nitrogens with one attached hydrogen (secondary N) is 1. The number of carboxylic acid groups (broad SMARTS) is 1. The van der Waals surface area contributed by atoms with Crippen LogP contribution in [-0.4, -0.2) is 27.6 Å². The molecule has 3 unspecified atom stereocenters. The van der Waals surface area contributed by atoms with E-state index >= 15 is 0 Å². The molecule has 2 N–H and O–H groups in total. The van der Waals surface area contributed by atoms with Crippen molar-refractivity contribution in [2.75, 3.05) is 0 Å². The van der Waals surface area contributed by atoms with E-state index in [0.29, 0.717) is 12.8 Å². The first kappa shape index (κ1) is 8.87. The van der Waals surface area contributed by atoms with Gasteiger partial charge in [0.1, 0.15) is 0 Å². The average Bonchev–Trinajstić information content (AvgIpc) is 2.42. The van der Waals surface area contributed by atoms with Crippen LogP contribution in [0.4, 0.5) is 4.79 Å². The number of rotatable bonds is 1. The summed E-state index contributed by atoms with van der Waals surface area (Å²) in [5.74, 6) is -0.972. The van der Waals surface area contributed by atoms with Crippen molar-refractivity contribution < 1.29 is 14.7 Å². The van der Waals surface area contributed by atoms with E-state index in [4.69, 9.17) is 5.11 Å². The average molecular weight is 201 g/mol. The quantitative estimate of drug-likeness (QED) is 0.665. The van der Waals surface area contributed by atoms with Crippen molar-refractivity contribution in [1.29, 1.82) is 0 Å². The maximum absolute atomic E-state index is 11.0. The highest BCUT2D eigenvalue weighted by molar-refractivity contribution is 8.14. The Morgan fingerprint density at radius 2 is 2.31 bits per heavy atom. The zero-order chi connectivity index (χ0) is 9.42. The standard InChI is InChI=1S/C8H11NO3S/c10-7(11)4-1-2-5-6(3-4)13-8(12)9-5/h4-6H,1-3H2,(H,9,12)(H,10,11). The number of hydrogen-bond donors (Lipinski definition) is 2. The van der Waals surface area contributed by atoms with Gasteiger partial charge in [0.25, 0.3) is 5.24 Å². The van der Waals surface area contributed by atoms with Gasteiger partial charge in [-0.1, -0.05) is 11.8 Å². The van der Waals surface area contributed by atoms with Crippen LogP contribution < -0.4 is 5.32 Å². The lowest BCUT2D eigenvalue weighted by molar-refractivity contribution is -0.142. The van der Waals surface area contributed by atoms with Gasteiger partial charge in [0.2, 0.25) is 0 Å². The number of amides is 1. The van der Waals surface area contributed by atoms with Crippen LogP contribution in [0.15, 0.2) is 0 Å². The topological polar surface area (TPSA) is 66.4 Å². The fraction of sp³-hybridized carbons (Fsp3) is 0.750. The first-order chi connectivity index (χ1) is 6.16. The van der Waals surface area contributed by atoms with E-state index in [1.54, 1.807) is 0 Å². The zero-order valence-electron chi connectivity index (χ0n) is 7.03. The van der Waals surface area contributed by atoms with Crippen molar-refractivity contribution in [2.24, 2.45) is 5.92 Å². The molecule has 1 saturated carbocycles. The Balaban J connectivity index is 2.01. The first-order valence-corrected chi connectivity index (χ1v) is 5.25. The largest absolute Gasteiger partial charge is 0.481 e. The second kappa shape index (κ2) is 3.21. The first-order valence-electron chi connectivity index (χ1n) is 4.37. The molecule has 1 amide bonds. The van der Waals surface area contributed by atoms with Gasteiger partial charge < -0.3 is 10.4 Å². The molecule has 1 aliphatic heterocycles. The molecule has 1 heterocycles. The maximum Gasteiger partial charge on any atom is 0.306 e. The van der Waals surface area contributed by atoms with Gasteiger partial charge >= 0.3 is 5.97 Å². The van der Waals surface area contributed by atoms with Gasteiger partial charge in [-0.25, -0.2) is 0 Å². The molecule has 0 spiro atoms. The van der Waals surface area contributed by atoms with Crippen molar-refractivity contribution >= 4 is 23.0 Å². The lowest BCUT2D eigenvalue weighted by Crippen LogP contribution is -2.38. The maximum atomic E-state index is 11.0. The number of thioether (sulfide) groups is 1. The minimum atomic E-state index is -0.724. The zero-order valence-corrected chi connectivity index (χ0v) is 7.84. The molecular weight excluding hydrogens is 190 g/mol. The summed E-state index contributed by atoms with van der Waals surface area (Å²) in [6, 6.07) is 0.216. The Labute approximate surface area is 80.1 Å². The number of carboxylic acids is 1.